The van der Waals surface area contributed by atoms with E-state index >= 15 is 0 Å². The van der Waals surface area contributed by atoms with Gasteiger partial charge in [-0.05, 0) is 43.2 Å². The Balaban J connectivity index is 1.54. The molecule has 1 atom stereocenters. The first-order chi connectivity index (χ1) is 11.9. The van der Waals surface area contributed by atoms with Crippen LogP contribution in [0.25, 0.3) is 27.3 Å². The van der Waals surface area contributed by atoms with Crippen LogP contribution in [0.2, 0.25) is 0 Å². The van der Waals surface area contributed by atoms with Gasteiger partial charge < -0.3 is 4.74 Å². The van der Waals surface area contributed by atoms with E-state index in [2.05, 4.69) is 50.1 Å². The van der Waals surface area contributed by atoms with Gasteiger partial charge in [0.05, 0.1) is 22.7 Å². The van der Waals surface area contributed by atoms with Gasteiger partial charge in [-0.15, -0.1) is 11.3 Å². The van der Waals surface area contributed by atoms with Crippen LogP contribution in [0.3, 0.4) is 0 Å². The summed E-state index contributed by atoms with van der Waals surface area (Å²) >= 11 is 1.77. The first-order valence-electron chi connectivity index (χ1n) is 8.07. The molecule has 4 aromatic rings. The number of imidazole rings is 1. The van der Waals surface area contributed by atoms with Crippen LogP contribution in [0, 0.1) is 0 Å². The summed E-state index contributed by atoms with van der Waals surface area (Å²) in [7, 11) is 0. The number of hydrogen-bond donors (Lipinski definition) is 1. The van der Waals surface area contributed by atoms with Crippen molar-refractivity contribution in [3.05, 3.63) is 53.8 Å². The highest BCUT2D eigenvalue weighted by Gasteiger charge is 2.20. The molecular formula is C18H16N4OS. The Morgan fingerprint density at radius 3 is 3.17 bits per heavy atom. The van der Waals surface area contributed by atoms with Crippen molar-refractivity contribution < 1.29 is 4.74 Å². The maximum absolute atomic E-state index is 5.80. The molecule has 1 aromatic carbocycles. The molecule has 1 fully saturated rings. The van der Waals surface area contributed by atoms with Crippen LogP contribution in [-0.4, -0.2) is 26.4 Å². The monoisotopic (exact) mass is 336 g/mol. The zero-order chi connectivity index (χ0) is 15.9. The average Bonchev–Trinajstić information content (AvgIpc) is 3.41. The largest absolute Gasteiger partial charge is 0.373 e. The molecule has 0 radical (unpaired) electrons. The number of H-pyrrole nitrogens is 1. The van der Waals surface area contributed by atoms with Crippen LogP contribution in [0.4, 0.5) is 0 Å². The summed E-state index contributed by atoms with van der Waals surface area (Å²) in [5.74, 6) is 0.961. The Kier molecular flexibility index (Phi) is 3.24. The van der Waals surface area contributed by atoms with Crippen molar-refractivity contribution in [2.24, 2.45) is 0 Å². The molecule has 6 heteroatoms. The molecule has 120 valence electrons. The predicted molar refractivity (Wildman–Crippen MR) is 94.5 cm³/mol. The number of aromatic nitrogens is 4. The van der Waals surface area contributed by atoms with Crippen molar-refractivity contribution in [3.8, 4) is 16.4 Å². The number of nitrogens with one attached hydrogen (secondary N) is 1. The molecular weight excluding hydrogens is 320 g/mol. The van der Waals surface area contributed by atoms with Crippen molar-refractivity contribution in [1.82, 2.24) is 19.7 Å². The summed E-state index contributed by atoms with van der Waals surface area (Å²) in [4.78, 5) is 7.03. The lowest BCUT2D eigenvalue weighted by atomic mass is 10.2. The van der Waals surface area contributed by atoms with E-state index in [4.69, 9.17) is 4.74 Å². The van der Waals surface area contributed by atoms with Crippen LogP contribution in [-0.2, 0) is 4.74 Å². The molecule has 5 nitrogen and oxygen atoms in total. The van der Waals surface area contributed by atoms with Gasteiger partial charge in [-0.2, -0.15) is 5.10 Å². The van der Waals surface area contributed by atoms with Gasteiger partial charge in [-0.1, -0.05) is 0 Å². The normalized spacial score (nSPS) is 17.8. The quantitative estimate of drug-likeness (QED) is 0.606. The highest BCUT2D eigenvalue weighted by atomic mass is 32.1. The molecule has 1 saturated heterocycles. The Morgan fingerprint density at radius 1 is 1.25 bits per heavy atom. The molecule has 0 aliphatic carbocycles. The summed E-state index contributed by atoms with van der Waals surface area (Å²) in [5, 5.41) is 8.22. The Morgan fingerprint density at radius 2 is 2.25 bits per heavy atom. The third kappa shape index (κ3) is 2.26. The van der Waals surface area contributed by atoms with Crippen molar-refractivity contribution in [3.63, 3.8) is 0 Å². The van der Waals surface area contributed by atoms with Gasteiger partial charge in [0.2, 0.25) is 0 Å². The number of aromatic amines is 1. The number of benzene rings is 1. The highest BCUT2D eigenvalue weighted by molar-refractivity contribution is 7.15. The second kappa shape index (κ2) is 5.58. The smallest absolute Gasteiger partial charge is 0.154 e. The molecule has 24 heavy (non-hydrogen) atoms. The van der Waals surface area contributed by atoms with E-state index in [1.165, 1.54) is 4.88 Å². The zero-order valence-electron chi connectivity index (χ0n) is 13.0. The minimum absolute atomic E-state index is 0.258. The number of hydrogen-bond acceptors (Lipinski definition) is 4. The third-order valence-electron chi connectivity index (χ3n) is 4.44. The van der Waals surface area contributed by atoms with Crippen molar-refractivity contribution >= 4 is 22.2 Å². The second-order valence-corrected chi connectivity index (χ2v) is 7.08. The molecule has 1 N–H and O–H groups in total. The van der Waals surface area contributed by atoms with Crippen LogP contribution in [0.1, 0.15) is 23.8 Å². The van der Waals surface area contributed by atoms with Crippen molar-refractivity contribution in [2.75, 3.05) is 6.61 Å². The maximum atomic E-state index is 5.80. The van der Waals surface area contributed by atoms with E-state index in [0.29, 0.717) is 0 Å². The van der Waals surface area contributed by atoms with Crippen molar-refractivity contribution in [1.29, 1.82) is 0 Å². The topological polar surface area (TPSA) is 55.7 Å². The minimum atomic E-state index is 0.258. The third-order valence-corrected chi connectivity index (χ3v) is 5.61. The van der Waals surface area contributed by atoms with Crippen LogP contribution >= 0.6 is 11.3 Å². The van der Waals surface area contributed by atoms with E-state index in [1.807, 2.05) is 18.6 Å². The zero-order valence-corrected chi connectivity index (χ0v) is 13.8. The number of thiophene rings is 1. The Bertz CT molecular complexity index is 993. The molecule has 1 aliphatic heterocycles. The fourth-order valence-electron chi connectivity index (χ4n) is 3.22. The fraction of sp³-hybridized carbons (Fsp3) is 0.222. The van der Waals surface area contributed by atoms with Gasteiger partial charge in [0, 0.05) is 35.0 Å². The molecule has 0 amide bonds. The lowest BCUT2D eigenvalue weighted by Crippen LogP contribution is -1.95. The summed E-state index contributed by atoms with van der Waals surface area (Å²) in [6.45, 7) is 0.872. The number of rotatable bonds is 3. The number of nitrogens with zero attached hydrogens (tertiary/aromatic N) is 3. The van der Waals surface area contributed by atoms with E-state index < -0.39 is 0 Å². The molecule has 1 unspecified atom stereocenters. The van der Waals surface area contributed by atoms with E-state index in [-0.39, 0.29) is 6.10 Å². The van der Waals surface area contributed by atoms with Gasteiger partial charge in [0.1, 0.15) is 0 Å². The van der Waals surface area contributed by atoms with Gasteiger partial charge in [0.15, 0.2) is 5.82 Å². The van der Waals surface area contributed by atoms with E-state index in [1.54, 1.807) is 11.3 Å². The maximum Gasteiger partial charge on any atom is 0.154 e. The minimum Gasteiger partial charge on any atom is -0.373 e. The molecule has 0 bridgehead atoms. The standard InChI is InChI=1S/C18H16N4OS/c1-2-15(23-9-1)16-5-6-17(24-16)18-19-7-8-22(18)13-4-3-12-11-20-21-14(12)10-13/h3-8,10-11,15H,1-2,9H2,(H,20,21). The Labute approximate surface area is 142 Å². The number of ether oxygens (including phenoxy) is 1. The second-order valence-electron chi connectivity index (χ2n) is 5.97. The molecule has 0 spiro atoms. The summed E-state index contributed by atoms with van der Waals surface area (Å²) in [5.41, 5.74) is 2.10. The molecule has 3 aromatic heterocycles. The van der Waals surface area contributed by atoms with Crippen LogP contribution in [0.15, 0.2) is 48.9 Å². The average molecular weight is 336 g/mol. The van der Waals surface area contributed by atoms with Crippen LogP contribution < -0.4 is 0 Å². The van der Waals surface area contributed by atoms with E-state index in [0.717, 1.165) is 46.7 Å². The first-order valence-corrected chi connectivity index (χ1v) is 8.89. The van der Waals surface area contributed by atoms with Crippen LogP contribution in [0.5, 0.6) is 0 Å². The Hall–Kier alpha value is -2.44. The lowest BCUT2D eigenvalue weighted by Gasteiger charge is -2.07. The van der Waals surface area contributed by atoms with Gasteiger partial charge in [-0.3, -0.25) is 9.67 Å². The molecule has 0 saturated carbocycles. The summed E-state index contributed by atoms with van der Waals surface area (Å²) < 4.78 is 7.91. The summed E-state index contributed by atoms with van der Waals surface area (Å²) in [6, 6.07) is 10.6. The van der Waals surface area contributed by atoms with Gasteiger partial charge >= 0.3 is 0 Å². The SMILES string of the molecule is c1cn(-c2ccc3cn[nH]c3c2)c(-c2ccc(C3CCCO3)s2)n1. The predicted octanol–water partition coefficient (Wildman–Crippen LogP) is 4.33. The number of fused-ring (bicyclic) bond motifs is 1. The fourth-order valence-corrected chi connectivity index (χ4v) is 4.30. The van der Waals surface area contributed by atoms with Gasteiger partial charge in [0.25, 0.3) is 0 Å². The highest BCUT2D eigenvalue weighted by Crippen LogP contribution is 2.37. The summed E-state index contributed by atoms with van der Waals surface area (Å²) in [6.07, 6.45) is 8.20. The lowest BCUT2D eigenvalue weighted by molar-refractivity contribution is 0.114. The van der Waals surface area contributed by atoms with Gasteiger partial charge in [-0.25, -0.2) is 4.98 Å². The molecule has 4 heterocycles. The first kappa shape index (κ1) is 13.9. The molecule has 5 rings (SSSR count). The van der Waals surface area contributed by atoms with E-state index in [9.17, 15) is 0 Å². The van der Waals surface area contributed by atoms with Crippen molar-refractivity contribution in [2.45, 2.75) is 18.9 Å². The molecule has 1 aliphatic rings.